The smallest absolute Gasteiger partial charge is 0.312 e. The Morgan fingerprint density at radius 3 is 2.61 bits per heavy atom. The second kappa shape index (κ2) is 10.4. The molecule has 2 atom stereocenters. The van der Waals surface area contributed by atoms with Crippen LogP contribution in [-0.2, 0) is 9.53 Å². The van der Waals surface area contributed by atoms with Gasteiger partial charge < -0.3 is 30.5 Å². The Morgan fingerprint density at radius 2 is 1.90 bits per heavy atom. The van der Waals surface area contributed by atoms with Crippen molar-refractivity contribution in [1.82, 2.24) is 14.8 Å². The van der Waals surface area contributed by atoms with Gasteiger partial charge in [-0.1, -0.05) is 6.42 Å². The molecular formula is C22H34N4O5. The van der Waals surface area contributed by atoms with Gasteiger partial charge in [-0.3, -0.25) is 9.59 Å². The lowest BCUT2D eigenvalue weighted by molar-refractivity contribution is -0.164. The molecule has 31 heavy (non-hydrogen) atoms. The number of carbonyl (C=O) groups excluding carboxylic acids is 2. The van der Waals surface area contributed by atoms with Crippen LogP contribution in [0.25, 0.3) is 0 Å². The van der Waals surface area contributed by atoms with Gasteiger partial charge in [0, 0.05) is 19.3 Å². The van der Waals surface area contributed by atoms with Crippen molar-refractivity contribution in [3.05, 3.63) is 23.9 Å². The normalized spacial score (nSPS) is 26.4. The summed E-state index contributed by atoms with van der Waals surface area (Å²) >= 11 is 0. The topological polar surface area (TPSA) is 129 Å². The molecular weight excluding hydrogens is 400 g/mol. The molecule has 9 nitrogen and oxygen atoms in total. The van der Waals surface area contributed by atoms with Crippen LogP contribution in [0, 0.1) is 5.41 Å². The number of hydrogen-bond donors (Lipinski definition) is 3. The third-order valence-electron chi connectivity index (χ3n) is 6.59. The zero-order chi connectivity index (χ0) is 22.4. The zero-order valence-corrected chi connectivity index (χ0v) is 18.2. The molecule has 1 aromatic heterocycles. The van der Waals surface area contributed by atoms with Crippen molar-refractivity contribution in [3.63, 3.8) is 0 Å². The maximum Gasteiger partial charge on any atom is 0.312 e. The summed E-state index contributed by atoms with van der Waals surface area (Å²) in [6.07, 6.45) is 2.97. The highest BCUT2D eigenvalue weighted by Crippen LogP contribution is 2.38. The van der Waals surface area contributed by atoms with Gasteiger partial charge in [0.15, 0.2) is 0 Å². The molecule has 1 spiro atoms. The lowest BCUT2D eigenvalue weighted by Gasteiger charge is -2.39. The Hall–Kier alpha value is -2.23. The van der Waals surface area contributed by atoms with E-state index in [1.165, 1.54) is 6.20 Å². The summed E-state index contributed by atoms with van der Waals surface area (Å²) in [5.41, 5.74) is 5.63. The van der Waals surface area contributed by atoms with E-state index in [1.807, 2.05) is 7.05 Å². The largest absolute Gasteiger partial charge is 0.462 e. The summed E-state index contributed by atoms with van der Waals surface area (Å²) in [4.78, 5) is 33.8. The quantitative estimate of drug-likeness (QED) is 0.550. The van der Waals surface area contributed by atoms with Crippen molar-refractivity contribution in [1.29, 1.82) is 0 Å². The number of esters is 1. The van der Waals surface area contributed by atoms with Gasteiger partial charge in [0.2, 0.25) is 0 Å². The van der Waals surface area contributed by atoms with E-state index in [1.54, 1.807) is 17.0 Å². The first kappa shape index (κ1) is 23.4. The van der Waals surface area contributed by atoms with Crippen molar-refractivity contribution in [3.8, 4) is 0 Å². The highest BCUT2D eigenvalue weighted by molar-refractivity contribution is 5.98. The standard InChI is InChI=1S/C22H34N4O5/c1-25-13-8-22(9-14-25)7-2-3-11-26(20(29)16-5-4-10-24-19(16)23)12-6-17(27)18(28)15-31-21(22)30/h4-5,10,17-18,27-28H,2-3,6-9,11-15H2,1H3,(H2,23,24)/t17-,18+/m0/s1. The average Bonchev–Trinajstić information content (AvgIpc) is 2.78. The van der Waals surface area contributed by atoms with E-state index in [0.29, 0.717) is 31.4 Å². The highest BCUT2D eigenvalue weighted by atomic mass is 16.5. The monoisotopic (exact) mass is 434 g/mol. The number of pyridine rings is 1. The van der Waals surface area contributed by atoms with E-state index in [-0.39, 0.29) is 37.3 Å². The van der Waals surface area contributed by atoms with Gasteiger partial charge in [0.25, 0.3) is 5.91 Å². The summed E-state index contributed by atoms with van der Waals surface area (Å²) in [7, 11) is 2.03. The lowest BCUT2D eigenvalue weighted by Crippen LogP contribution is -2.45. The van der Waals surface area contributed by atoms with E-state index in [4.69, 9.17) is 10.5 Å². The fourth-order valence-corrected chi connectivity index (χ4v) is 4.36. The van der Waals surface area contributed by atoms with Gasteiger partial charge in [0.1, 0.15) is 18.5 Å². The minimum Gasteiger partial charge on any atom is -0.462 e. The molecule has 0 aromatic carbocycles. The number of nitrogens with zero attached hydrogens (tertiary/aromatic N) is 3. The number of amides is 1. The Morgan fingerprint density at radius 1 is 1.16 bits per heavy atom. The summed E-state index contributed by atoms with van der Waals surface area (Å²) in [6, 6.07) is 3.30. The van der Waals surface area contributed by atoms with Gasteiger partial charge >= 0.3 is 5.97 Å². The number of piperidine rings is 1. The highest BCUT2D eigenvalue weighted by Gasteiger charge is 2.42. The molecule has 0 bridgehead atoms. The third kappa shape index (κ3) is 5.72. The first-order chi connectivity index (χ1) is 14.8. The molecule has 172 valence electrons. The Bertz CT molecular complexity index is 766. The number of nitrogens with two attached hydrogens (primary N) is 1. The number of anilines is 1. The molecule has 3 rings (SSSR count). The molecule has 0 aliphatic carbocycles. The van der Waals surface area contributed by atoms with Crippen molar-refractivity contribution >= 4 is 17.7 Å². The molecule has 9 heteroatoms. The number of nitrogen functional groups attached to an aromatic ring is 1. The maximum absolute atomic E-state index is 13.1. The number of aliphatic hydroxyl groups is 2. The number of aromatic nitrogens is 1. The maximum atomic E-state index is 13.1. The number of hydrogen-bond acceptors (Lipinski definition) is 8. The molecule has 4 N–H and O–H groups in total. The zero-order valence-electron chi connectivity index (χ0n) is 18.2. The minimum atomic E-state index is -1.20. The molecule has 2 fully saturated rings. The lowest BCUT2D eigenvalue weighted by atomic mass is 9.74. The molecule has 0 saturated carbocycles. The predicted octanol–water partition coefficient (Wildman–Crippen LogP) is 0.657. The van der Waals surface area contributed by atoms with Crippen LogP contribution in [0.1, 0.15) is 48.9 Å². The fourth-order valence-electron chi connectivity index (χ4n) is 4.36. The van der Waals surface area contributed by atoms with E-state index >= 15 is 0 Å². The Balaban J connectivity index is 1.76. The van der Waals surface area contributed by atoms with Crippen molar-refractivity contribution in [2.45, 2.75) is 50.7 Å². The van der Waals surface area contributed by atoms with Crippen LogP contribution in [0.4, 0.5) is 5.82 Å². The average molecular weight is 435 g/mol. The Labute approximate surface area is 183 Å². The van der Waals surface area contributed by atoms with Crippen LogP contribution < -0.4 is 5.73 Å². The Kier molecular flexibility index (Phi) is 7.85. The molecule has 1 aromatic rings. The number of rotatable bonds is 1. The fraction of sp³-hybridized carbons (Fsp3) is 0.682. The van der Waals surface area contributed by atoms with Crippen molar-refractivity contribution in [2.75, 3.05) is 45.6 Å². The molecule has 1 amide bonds. The van der Waals surface area contributed by atoms with Crippen LogP contribution in [0.15, 0.2) is 18.3 Å². The summed E-state index contributed by atoms with van der Waals surface area (Å²) in [5.74, 6) is -0.370. The summed E-state index contributed by atoms with van der Waals surface area (Å²) in [5, 5.41) is 20.7. The first-order valence-electron chi connectivity index (χ1n) is 11.0. The first-order valence-corrected chi connectivity index (χ1v) is 11.0. The van der Waals surface area contributed by atoms with E-state index in [9.17, 15) is 19.8 Å². The van der Waals surface area contributed by atoms with Crippen molar-refractivity contribution < 1.29 is 24.5 Å². The summed E-state index contributed by atoms with van der Waals surface area (Å²) in [6.45, 7) is 2.10. The van der Waals surface area contributed by atoms with Crippen LogP contribution in [-0.4, -0.2) is 88.9 Å². The second-order valence-electron chi connectivity index (χ2n) is 8.79. The van der Waals surface area contributed by atoms with Crippen LogP contribution in [0.5, 0.6) is 0 Å². The number of likely N-dealkylation sites (tertiary alicyclic amines) is 1. The van der Waals surface area contributed by atoms with Gasteiger partial charge in [-0.2, -0.15) is 0 Å². The van der Waals surface area contributed by atoms with Crippen LogP contribution in [0.3, 0.4) is 0 Å². The van der Waals surface area contributed by atoms with Gasteiger partial charge in [-0.05, 0) is 64.4 Å². The SMILES string of the molecule is CN1CCC2(CCCCN(C(=O)c3cccnc3N)CC[C@H](O)[C@H](O)COC2=O)CC1. The van der Waals surface area contributed by atoms with Gasteiger partial charge in [0.05, 0.1) is 17.1 Å². The molecule has 3 heterocycles. The molecule has 0 unspecified atom stereocenters. The molecule has 2 saturated heterocycles. The summed E-state index contributed by atoms with van der Waals surface area (Å²) < 4.78 is 5.45. The third-order valence-corrected chi connectivity index (χ3v) is 6.59. The van der Waals surface area contributed by atoms with Gasteiger partial charge in [-0.25, -0.2) is 4.98 Å². The van der Waals surface area contributed by atoms with Crippen molar-refractivity contribution in [2.24, 2.45) is 5.41 Å². The van der Waals surface area contributed by atoms with Crippen LogP contribution >= 0.6 is 0 Å². The van der Waals surface area contributed by atoms with Crippen LogP contribution in [0.2, 0.25) is 0 Å². The number of carbonyl (C=O) groups is 2. The second-order valence-corrected chi connectivity index (χ2v) is 8.79. The number of ether oxygens (including phenoxy) is 1. The number of cyclic esters (lactones) is 1. The minimum absolute atomic E-state index is 0.167. The van der Waals surface area contributed by atoms with E-state index in [2.05, 4.69) is 9.88 Å². The number of aliphatic hydroxyl groups excluding tert-OH is 2. The molecule has 0 radical (unpaired) electrons. The molecule has 2 aliphatic heterocycles. The molecule has 2 aliphatic rings. The van der Waals surface area contributed by atoms with Gasteiger partial charge in [-0.15, -0.1) is 0 Å². The predicted molar refractivity (Wildman–Crippen MR) is 115 cm³/mol. The van der Waals surface area contributed by atoms with E-state index < -0.39 is 17.6 Å². The van der Waals surface area contributed by atoms with E-state index in [0.717, 1.165) is 25.9 Å².